The predicted octanol–water partition coefficient (Wildman–Crippen LogP) is 4.49. The highest BCUT2D eigenvalue weighted by Crippen LogP contribution is 2.24. The number of aromatic nitrogens is 5. The molecule has 0 radical (unpaired) electrons. The molecule has 5 aromatic rings. The molecule has 2 aromatic carbocycles. The van der Waals surface area contributed by atoms with Crippen LogP contribution in [0, 0.1) is 0 Å². The van der Waals surface area contributed by atoms with Gasteiger partial charge < -0.3 is 5.32 Å². The second-order valence-electron chi connectivity index (χ2n) is 7.92. The molecule has 172 valence electrons. The van der Waals surface area contributed by atoms with Crippen molar-refractivity contribution in [2.75, 3.05) is 6.54 Å². The molecule has 0 aliphatic rings. The Balaban J connectivity index is 1.25. The average Bonchev–Trinajstić information content (AvgIpc) is 3.57. The molecular weight excluding hydrogens is 436 g/mol. The molecule has 3 aromatic heterocycles. The summed E-state index contributed by atoms with van der Waals surface area (Å²) in [6, 6.07) is 25.6. The second-order valence-corrected chi connectivity index (χ2v) is 7.92. The lowest BCUT2D eigenvalue weighted by atomic mass is 10.1. The summed E-state index contributed by atoms with van der Waals surface area (Å²) in [5.74, 6) is -0.169. The number of hydrogen-bond donors (Lipinski definition) is 1. The number of carbonyl (C=O) groups is 1. The van der Waals surface area contributed by atoms with Crippen molar-refractivity contribution in [1.82, 2.24) is 29.9 Å². The molecule has 0 saturated carbocycles. The molecule has 0 fully saturated rings. The summed E-state index contributed by atoms with van der Waals surface area (Å²) in [7, 11) is 0. The van der Waals surface area contributed by atoms with Crippen molar-refractivity contribution in [1.29, 1.82) is 0 Å². The van der Waals surface area contributed by atoms with Crippen molar-refractivity contribution in [2.45, 2.75) is 6.42 Å². The summed E-state index contributed by atoms with van der Waals surface area (Å²) in [6.45, 7) is 0.494. The predicted molar refractivity (Wildman–Crippen MR) is 136 cm³/mol. The average molecular weight is 461 g/mol. The van der Waals surface area contributed by atoms with Gasteiger partial charge in [-0.1, -0.05) is 36.4 Å². The van der Waals surface area contributed by atoms with E-state index in [2.05, 4.69) is 15.4 Å². The van der Waals surface area contributed by atoms with E-state index in [0.29, 0.717) is 13.0 Å². The van der Waals surface area contributed by atoms with E-state index >= 15 is 0 Å². The van der Waals surface area contributed by atoms with E-state index in [1.54, 1.807) is 18.5 Å². The third kappa shape index (κ3) is 5.42. The minimum Gasteiger partial charge on any atom is -0.352 e. The maximum atomic E-state index is 12.5. The Kier molecular flexibility index (Phi) is 6.57. The van der Waals surface area contributed by atoms with Gasteiger partial charge in [-0.05, 0) is 48.5 Å². The normalized spacial score (nSPS) is 11.1. The summed E-state index contributed by atoms with van der Waals surface area (Å²) in [6.07, 6.45) is 11.3. The molecule has 5 rings (SSSR count). The molecule has 7 nitrogen and oxygen atoms in total. The van der Waals surface area contributed by atoms with Crippen molar-refractivity contribution in [3.63, 3.8) is 0 Å². The molecule has 0 bridgehead atoms. The number of carbonyl (C=O) groups excluding carboxylic acids is 1. The largest absolute Gasteiger partial charge is 0.352 e. The summed E-state index contributed by atoms with van der Waals surface area (Å²) < 4.78 is 3.64. The van der Waals surface area contributed by atoms with Crippen LogP contribution in [-0.2, 0) is 11.2 Å². The van der Waals surface area contributed by atoms with Gasteiger partial charge in [0.05, 0.1) is 17.1 Å². The number of nitrogens with zero attached hydrogens (tertiary/aromatic N) is 5. The van der Waals surface area contributed by atoms with Crippen LogP contribution in [0.25, 0.3) is 28.7 Å². The van der Waals surface area contributed by atoms with Gasteiger partial charge in [0.2, 0.25) is 5.91 Å². The number of rotatable bonds is 8. The molecule has 0 saturated heterocycles. The topological polar surface area (TPSA) is 77.6 Å². The van der Waals surface area contributed by atoms with Crippen LogP contribution >= 0.6 is 0 Å². The van der Waals surface area contributed by atoms with E-state index in [4.69, 9.17) is 5.10 Å². The van der Waals surface area contributed by atoms with E-state index in [1.807, 2.05) is 101 Å². The monoisotopic (exact) mass is 460 g/mol. The first kappa shape index (κ1) is 22.0. The molecule has 0 aliphatic carbocycles. The van der Waals surface area contributed by atoms with Crippen LogP contribution in [0.15, 0.2) is 110 Å². The molecular formula is C28H24N6O. The molecule has 1 N–H and O–H groups in total. The Morgan fingerprint density at radius 1 is 0.857 bits per heavy atom. The first-order valence-corrected chi connectivity index (χ1v) is 11.4. The van der Waals surface area contributed by atoms with E-state index in [0.717, 1.165) is 33.9 Å². The Labute approximate surface area is 203 Å². The first-order valence-electron chi connectivity index (χ1n) is 11.4. The van der Waals surface area contributed by atoms with Gasteiger partial charge in [0.15, 0.2) is 0 Å². The van der Waals surface area contributed by atoms with Gasteiger partial charge in [-0.2, -0.15) is 10.2 Å². The van der Waals surface area contributed by atoms with Crippen LogP contribution in [0.5, 0.6) is 0 Å². The van der Waals surface area contributed by atoms with Crippen molar-refractivity contribution >= 4 is 12.0 Å². The minimum atomic E-state index is -0.169. The zero-order chi connectivity index (χ0) is 23.9. The van der Waals surface area contributed by atoms with E-state index < -0.39 is 0 Å². The zero-order valence-corrected chi connectivity index (χ0v) is 19.0. The number of benzene rings is 2. The quantitative estimate of drug-likeness (QED) is 0.346. The second kappa shape index (κ2) is 10.4. The number of para-hydroxylation sites is 2. The zero-order valence-electron chi connectivity index (χ0n) is 19.0. The van der Waals surface area contributed by atoms with Crippen LogP contribution in [-0.4, -0.2) is 37.0 Å². The fourth-order valence-electron chi connectivity index (χ4n) is 3.71. The van der Waals surface area contributed by atoms with Gasteiger partial charge in [-0.25, -0.2) is 9.36 Å². The van der Waals surface area contributed by atoms with E-state index in [9.17, 15) is 4.79 Å². The van der Waals surface area contributed by atoms with Gasteiger partial charge >= 0.3 is 0 Å². The minimum absolute atomic E-state index is 0.169. The van der Waals surface area contributed by atoms with Crippen LogP contribution in [0.2, 0.25) is 0 Å². The third-order valence-electron chi connectivity index (χ3n) is 5.46. The Morgan fingerprint density at radius 3 is 2.31 bits per heavy atom. The highest BCUT2D eigenvalue weighted by molar-refractivity contribution is 5.92. The number of nitrogens with one attached hydrogen (secondary N) is 1. The standard InChI is InChI=1S/C28H24N6O/c35-27(30-18-15-24-16-19-33(31-24)25-9-3-1-4-10-25)14-13-23-21-34(26-11-5-2-6-12-26)32-28(23)22-8-7-17-29-20-22/h1-14,16-17,19-21H,15,18H2,(H,30,35)/b14-13-. The van der Waals surface area contributed by atoms with Gasteiger partial charge in [-0.15, -0.1) is 0 Å². The van der Waals surface area contributed by atoms with Gasteiger partial charge in [0.25, 0.3) is 0 Å². The molecule has 0 aliphatic heterocycles. The fourth-order valence-corrected chi connectivity index (χ4v) is 3.71. The lowest BCUT2D eigenvalue weighted by molar-refractivity contribution is -0.116. The highest BCUT2D eigenvalue weighted by atomic mass is 16.1. The summed E-state index contributed by atoms with van der Waals surface area (Å²) in [5, 5.41) is 12.3. The Bertz CT molecular complexity index is 1420. The summed E-state index contributed by atoms with van der Waals surface area (Å²) in [5.41, 5.74) is 5.34. The van der Waals surface area contributed by atoms with Crippen molar-refractivity contribution in [3.05, 3.63) is 121 Å². The Morgan fingerprint density at radius 2 is 1.60 bits per heavy atom. The molecule has 0 spiro atoms. The molecule has 0 unspecified atom stereocenters. The van der Waals surface area contributed by atoms with E-state index in [1.165, 1.54) is 6.08 Å². The number of hydrogen-bond acceptors (Lipinski definition) is 4. The number of pyridine rings is 1. The van der Waals surface area contributed by atoms with Gasteiger partial charge in [0.1, 0.15) is 5.69 Å². The molecule has 1 amide bonds. The summed E-state index contributed by atoms with van der Waals surface area (Å²) in [4.78, 5) is 16.7. The van der Waals surface area contributed by atoms with Gasteiger partial charge in [-0.3, -0.25) is 9.78 Å². The fraction of sp³-hybridized carbons (Fsp3) is 0.0714. The Hall–Kier alpha value is -4.78. The summed E-state index contributed by atoms with van der Waals surface area (Å²) >= 11 is 0. The molecule has 0 atom stereocenters. The lowest BCUT2D eigenvalue weighted by Crippen LogP contribution is -2.23. The molecule has 7 heteroatoms. The van der Waals surface area contributed by atoms with Crippen LogP contribution < -0.4 is 5.32 Å². The van der Waals surface area contributed by atoms with Crippen molar-refractivity contribution < 1.29 is 4.79 Å². The van der Waals surface area contributed by atoms with E-state index in [-0.39, 0.29) is 5.91 Å². The molecule has 35 heavy (non-hydrogen) atoms. The SMILES string of the molecule is O=C(/C=C\c1cn(-c2ccccc2)nc1-c1cccnc1)NCCc1ccn(-c2ccccc2)n1. The van der Waals surface area contributed by atoms with Crippen molar-refractivity contribution in [2.24, 2.45) is 0 Å². The van der Waals surface area contributed by atoms with Crippen molar-refractivity contribution in [3.8, 4) is 22.6 Å². The van der Waals surface area contributed by atoms with Crippen LogP contribution in [0.3, 0.4) is 0 Å². The lowest BCUT2D eigenvalue weighted by Gasteiger charge is -2.01. The first-order chi connectivity index (χ1) is 17.3. The maximum Gasteiger partial charge on any atom is 0.244 e. The smallest absolute Gasteiger partial charge is 0.244 e. The van der Waals surface area contributed by atoms with Crippen LogP contribution in [0.4, 0.5) is 0 Å². The third-order valence-corrected chi connectivity index (χ3v) is 5.46. The highest BCUT2D eigenvalue weighted by Gasteiger charge is 2.11. The van der Waals surface area contributed by atoms with Gasteiger partial charge in [0, 0.05) is 55.0 Å². The molecule has 3 heterocycles. The maximum absolute atomic E-state index is 12.5. The number of amides is 1. The van der Waals surface area contributed by atoms with Crippen LogP contribution in [0.1, 0.15) is 11.3 Å².